The Bertz CT molecular complexity index is 599. The first-order valence-electron chi connectivity index (χ1n) is 6.59. The summed E-state index contributed by atoms with van der Waals surface area (Å²) in [5, 5.41) is 9.78. The van der Waals surface area contributed by atoms with Gasteiger partial charge in [-0.05, 0) is 32.0 Å². The van der Waals surface area contributed by atoms with Crippen LogP contribution in [-0.4, -0.2) is 17.1 Å². The maximum atomic E-state index is 14.1. The number of hydrogen-bond donors (Lipinski definition) is 1. The highest BCUT2D eigenvalue weighted by molar-refractivity contribution is 5.55. The lowest BCUT2D eigenvalue weighted by atomic mass is 10.1. The number of aryl methyl sites for hydroxylation is 1. The van der Waals surface area contributed by atoms with Gasteiger partial charge in [-0.15, -0.1) is 0 Å². The summed E-state index contributed by atoms with van der Waals surface area (Å²) in [6.45, 7) is 4.05. The van der Waals surface area contributed by atoms with Gasteiger partial charge in [0.05, 0.1) is 24.0 Å². The SMILES string of the molecule is Cc1cccc(CN(C)c2c(F)cccc2[C@@H](C)O)n1. The molecule has 20 heavy (non-hydrogen) atoms. The maximum absolute atomic E-state index is 14.1. The van der Waals surface area contributed by atoms with Crippen molar-refractivity contribution in [3.8, 4) is 0 Å². The Kier molecular flexibility index (Phi) is 4.35. The third-order valence-electron chi connectivity index (χ3n) is 3.19. The van der Waals surface area contributed by atoms with Gasteiger partial charge in [0.2, 0.25) is 0 Å². The van der Waals surface area contributed by atoms with E-state index in [1.807, 2.05) is 25.1 Å². The van der Waals surface area contributed by atoms with E-state index in [1.54, 1.807) is 31.0 Å². The van der Waals surface area contributed by atoms with E-state index in [9.17, 15) is 9.50 Å². The number of hydrogen-bond acceptors (Lipinski definition) is 3. The molecule has 0 saturated heterocycles. The fraction of sp³-hybridized carbons (Fsp3) is 0.312. The van der Waals surface area contributed by atoms with E-state index in [0.717, 1.165) is 11.4 Å². The van der Waals surface area contributed by atoms with Gasteiger partial charge in [-0.25, -0.2) is 4.39 Å². The Morgan fingerprint density at radius 1 is 1.25 bits per heavy atom. The Balaban J connectivity index is 2.31. The summed E-state index contributed by atoms with van der Waals surface area (Å²) in [7, 11) is 1.80. The first-order chi connectivity index (χ1) is 9.49. The molecule has 4 heteroatoms. The Morgan fingerprint density at radius 2 is 1.95 bits per heavy atom. The van der Waals surface area contributed by atoms with Gasteiger partial charge >= 0.3 is 0 Å². The Labute approximate surface area is 118 Å². The molecule has 3 nitrogen and oxygen atoms in total. The summed E-state index contributed by atoms with van der Waals surface area (Å²) in [5.41, 5.74) is 2.80. The van der Waals surface area contributed by atoms with Crippen LogP contribution >= 0.6 is 0 Å². The van der Waals surface area contributed by atoms with Crippen LogP contribution in [0, 0.1) is 12.7 Å². The molecule has 0 aliphatic heterocycles. The average Bonchev–Trinajstić information content (AvgIpc) is 2.38. The van der Waals surface area contributed by atoms with Crippen LogP contribution in [0.1, 0.15) is 30.0 Å². The highest BCUT2D eigenvalue weighted by Gasteiger charge is 2.16. The van der Waals surface area contributed by atoms with Crippen LogP contribution in [-0.2, 0) is 6.54 Å². The monoisotopic (exact) mass is 274 g/mol. The number of nitrogens with zero attached hydrogens (tertiary/aromatic N) is 2. The van der Waals surface area contributed by atoms with Gasteiger partial charge < -0.3 is 10.0 Å². The molecule has 2 aromatic rings. The lowest BCUT2D eigenvalue weighted by molar-refractivity contribution is 0.199. The van der Waals surface area contributed by atoms with Gasteiger partial charge in [0.1, 0.15) is 5.82 Å². The largest absolute Gasteiger partial charge is 0.389 e. The van der Waals surface area contributed by atoms with Gasteiger partial charge in [0, 0.05) is 18.3 Å². The molecule has 1 heterocycles. The number of aromatic nitrogens is 1. The molecule has 1 N–H and O–H groups in total. The fourth-order valence-electron chi connectivity index (χ4n) is 2.28. The van der Waals surface area contributed by atoms with Crippen LogP contribution in [0.25, 0.3) is 0 Å². The van der Waals surface area contributed by atoms with Crippen LogP contribution < -0.4 is 4.90 Å². The van der Waals surface area contributed by atoms with Gasteiger partial charge in [0.25, 0.3) is 0 Å². The number of anilines is 1. The second-order valence-corrected chi connectivity index (χ2v) is 4.98. The molecule has 0 aliphatic carbocycles. The standard InChI is InChI=1S/C16H19FN2O/c1-11-6-4-7-13(18-11)10-19(3)16-14(12(2)20)8-5-9-15(16)17/h4-9,12,20H,10H2,1-3H3/t12-/m1/s1. The third kappa shape index (κ3) is 3.14. The van der Waals surface area contributed by atoms with Crippen molar-refractivity contribution < 1.29 is 9.50 Å². The third-order valence-corrected chi connectivity index (χ3v) is 3.19. The average molecular weight is 274 g/mol. The van der Waals surface area contributed by atoms with Crippen molar-refractivity contribution in [2.75, 3.05) is 11.9 Å². The van der Waals surface area contributed by atoms with E-state index in [1.165, 1.54) is 6.07 Å². The predicted molar refractivity (Wildman–Crippen MR) is 78.1 cm³/mol. The molecule has 0 radical (unpaired) electrons. The second kappa shape index (κ2) is 6.01. The number of benzene rings is 1. The van der Waals surface area contributed by atoms with Crippen LogP contribution in [0.4, 0.5) is 10.1 Å². The van der Waals surface area contributed by atoms with Crippen molar-refractivity contribution in [1.29, 1.82) is 0 Å². The molecular weight excluding hydrogens is 255 g/mol. The normalized spacial score (nSPS) is 12.2. The first kappa shape index (κ1) is 14.5. The van der Waals surface area contributed by atoms with Crippen molar-refractivity contribution in [1.82, 2.24) is 4.98 Å². The van der Waals surface area contributed by atoms with E-state index in [4.69, 9.17) is 0 Å². The maximum Gasteiger partial charge on any atom is 0.146 e. The van der Waals surface area contributed by atoms with E-state index in [-0.39, 0.29) is 5.82 Å². The summed E-state index contributed by atoms with van der Waals surface area (Å²) >= 11 is 0. The van der Waals surface area contributed by atoms with Crippen molar-refractivity contribution in [2.45, 2.75) is 26.5 Å². The molecule has 0 aliphatic rings. The zero-order valence-corrected chi connectivity index (χ0v) is 12.0. The van der Waals surface area contributed by atoms with Crippen molar-refractivity contribution >= 4 is 5.69 Å². The number of pyridine rings is 1. The number of para-hydroxylation sites is 1. The number of halogens is 1. The number of aliphatic hydroxyl groups is 1. The summed E-state index contributed by atoms with van der Waals surface area (Å²) < 4.78 is 14.1. The van der Waals surface area contributed by atoms with E-state index in [2.05, 4.69) is 4.98 Å². The highest BCUT2D eigenvalue weighted by Crippen LogP contribution is 2.29. The minimum Gasteiger partial charge on any atom is -0.389 e. The number of rotatable bonds is 4. The van der Waals surface area contributed by atoms with Gasteiger partial charge in [-0.1, -0.05) is 18.2 Å². The molecule has 2 rings (SSSR count). The molecule has 0 saturated carbocycles. The smallest absolute Gasteiger partial charge is 0.146 e. The fourth-order valence-corrected chi connectivity index (χ4v) is 2.28. The zero-order valence-electron chi connectivity index (χ0n) is 12.0. The lowest BCUT2D eigenvalue weighted by Crippen LogP contribution is -2.21. The molecule has 1 atom stereocenters. The molecule has 106 valence electrons. The quantitative estimate of drug-likeness (QED) is 0.930. The molecule has 0 bridgehead atoms. The van der Waals surface area contributed by atoms with Crippen LogP contribution in [0.3, 0.4) is 0 Å². The molecular formula is C16H19FN2O. The minimum absolute atomic E-state index is 0.335. The Hall–Kier alpha value is -1.94. The summed E-state index contributed by atoms with van der Waals surface area (Å²) in [6, 6.07) is 10.5. The molecule has 0 unspecified atom stereocenters. The number of aliphatic hydroxyl groups excluding tert-OH is 1. The predicted octanol–water partition coefficient (Wildman–Crippen LogP) is 3.22. The molecule has 0 amide bonds. The lowest BCUT2D eigenvalue weighted by Gasteiger charge is -2.24. The molecule has 1 aromatic heterocycles. The van der Waals surface area contributed by atoms with Gasteiger partial charge in [0.15, 0.2) is 0 Å². The van der Waals surface area contributed by atoms with Crippen molar-refractivity contribution in [3.63, 3.8) is 0 Å². The van der Waals surface area contributed by atoms with E-state index >= 15 is 0 Å². The molecule has 0 fully saturated rings. The van der Waals surface area contributed by atoms with Crippen LogP contribution in [0.2, 0.25) is 0 Å². The zero-order chi connectivity index (χ0) is 14.7. The minimum atomic E-state index is -0.714. The Morgan fingerprint density at radius 3 is 2.60 bits per heavy atom. The van der Waals surface area contributed by atoms with Crippen molar-refractivity contribution in [2.24, 2.45) is 0 Å². The summed E-state index contributed by atoms with van der Waals surface area (Å²) in [5.74, 6) is -0.335. The summed E-state index contributed by atoms with van der Waals surface area (Å²) in [4.78, 5) is 6.19. The van der Waals surface area contributed by atoms with E-state index < -0.39 is 6.10 Å². The van der Waals surface area contributed by atoms with E-state index in [0.29, 0.717) is 17.8 Å². The highest BCUT2D eigenvalue weighted by atomic mass is 19.1. The topological polar surface area (TPSA) is 36.4 Å². The van der Waals surface area contributed by atoms with Crippen LogP contribution in [0.5, 0.6) is 0 Å². The second-order valence-electron chi connectivity index (χ2n) is 4.98. The first-order valence-corrected chi connectivity index (χ1v) is 6.59. The van der Waals surface area contributed by atoms with Crippen LogP contribution in [0.15, 0.2) is 36.4 Å². The molecule has 0 spiro atoms. The van der Waals surface area contributed by atoms with Gasteiger partial charge in [-0.3, -0.25) is 4.98 Å². The van der Waals surface area contributed by atoms with Crippen molar-refractivity contribution in [3.05, 3.63) is 59.2 Å². The molecule has 1 aromatic carbocycles. The summed E-state index contributed by atoms with van der Waals surface area (Å²) in [6.07, 6.45) is -0.714. The van der Waals surface area contributed by atoms with Gasteiger partial charge in [-0.2, -0.15) is 0 Å².